The first-order valence-corrected chi connectivity index (χ1v) is 9.91. The Morgan fingerprint density at radius 2 is 1.58 bits per heavy atom. The fourth-order valence-electron chi connectivity index (χ4n) is 5.53. The van der Waals surface area contributed by atoms with Crippen molar-refractivity contribution in [2.24, 2.45) is 17.8 Å². The topological polar surface area (TPSA) is 69.6 Å². The van der Waals surface area contributed by atoms with E-state index in [0.29, 0.717) is 18.4 Å². The normalized spacial score (nSPS) is 29.5. The van der Waals surface area contributed by atoms with Gasteiger partial charge in [-0.3, -0.25) is 14.8 Å². The van der Waals surface area contributed by atoms with Gasteiger partial charge in [0.25, 0.3) is 0 Å². The van der Waals surface area contributed by atoms with Crippen molar-refractivity contribution in [3.63, 3.8) is 0 Å². The van der Waals surface area contributed by atoms with Crippen LogP contribution >= 0.6 is 0 Å². The van der Waals surface area contributed by atoms with Crippen LogP contribution in [0.25, 0.3) is 0 Å². The summed E-state index contributed by atoms with van der Waals surface area (Å²) in [6.07, 6.45) is 7.98. The molecule has 0 radical (unpaired) electrons. The van der Waals surface area contributed by atoms with Gasteiger partial charge in [0.15, 0.2) is 0 Å². The van der Waals surface area contributed by atoms with Crippen molar-refractivity contribution in [3.8, 4) is 0 Å². The zero-order chi connectivity index (χ0) is 18.1. The molecule has 4 bridgehead atoms. The summed E-state index contributed by atoms with van der Waals surface area (Å²) in [5.74, 6) is 2.34. The van der Waals surface area contributed by atoms with Gasteiger partial charge in [-0.1, -0.05) is 24.3 Å². The Balaban J connectivity index is 1.33. The van der Waals surface area contributed by atoms with E-state index in [0.717, 1.165) is 41.8 Å². The van der Waals surface area contributed by atoms with E-state index in [1.807, 2.05) is 24.3 Å². The fourth-order valence-corrected chi connectivity index (χ4v) is 5.53. The summed E-state index contributed by atoms with van der Waals surface area (Å²) in [6.45, 7) is 0.978. The van der Waals surface area contributed by atoms with Gasteiger partial charge in [-0.2, -0.15) is 0 Å². The molecule has 2 unspecified atom stereocenters. The molecule has 2 heterocycles. The Kier molecular flexibility index (Phi) is 4.98. The molecule has 0 spiro atoms. The molecular weight excluding hydrogens is 328 g/mol. The van der Waals surface area contributed by atoms with E-state index < -0.39 is 5.91 Å². The highest BCUT2D eigenvalue weighted by Crippen LogP contribution is 2.47. The van der Waals surface area contributed by atoms with Crippen molar-refractivity contribution in [1.82, 2.24) is 10.4 Å². The maximum atomic E-state index is 12.9. The summed E-state index contributed by atoms with van der Waals surface area (Å²) in [7, 11) is 0. The number of carbonyl (C=O) groups excluding carboxylic acids is 2. The van der Waals surface area contributed by atoms with Crippen molar-refractivity contribution in [2.75, 3.05) is 6.54 Å². The summed E-state index contributed by atoms with van der Waals surface area (Å²) >= 11 is 0. The second kappa shape index (κ2) is 7.39. The van der Waals surface area contributed by atoms with E-state index in [1.165, 1.54) is 32.1 Å². The third-order valence-corrected chi connectivity index (χ3v) is 6.57. The lowest BCUT2D eigenvalue weighted by atomic mass is 9.68. The molecule has 4 fully saturated rings. The molecule has 2 aliphatic carbocycles. The number of hydrogen-bond acceptors (Lipinski definition) is 3. The van der Waals surface area contributed by atoms with Gasteiger partial charge in [-0.05, 0) is 67.4 Å². The molecule has 2 amide bonds. The average Bonchev–Trinajstić information content (AvgIpc) is 2.84. The first-order valence-electron chi connectivity index (χ1n) is 9.91. The van der Waals surface area contributed by atoms with Gasteiger partial charge >= 0.3 is 0 Å². The standard InChI is InChI=1S/C21H28N2O3/c24-20(22-26)12-15-3-1-14(2-4-15)5-6-21(25)23-13-18-8-16-7-17(9-18)11-19(23)10-16/h1-4,16-19,26H,5-13H2,(H,22,24). The summed E-state index contributed by atoms with van der Waals surface area (Å²) in [5.41, 5.74) is 3.62. The molecular formula is C21H28N2O3. The first kappa shape index (κ1) is 17.5. The van der Waals surface area contributed by atoms with Gasteiger partial charge in [-0.25, -0.2) is 5.48 Å². The smallest absolute Gasteiger partial charge is 0.247 e. The number of amides is 2. The quantitative estimate of drug-likeness (QED) is 0.629. The number of carbonyl (C=O) groups is 2. The number of hydroxylamine groups is 1. The van der Waals surface area contributed by atoms with Crippen LogP contribution in [0.4, 0.5) is 0 Å². The van der Waals surface area contributed by atoms with Crippen LogP contribution in [-0.4, -0.2) is 34.5 Å². The maximum Gasteiger partial charge on any atom is 0.247 e. The van der Waals surface area contributed by atoms with Gasteiger partial charge in [0, 0.05) is 19.0 Å². The van der Waals surface area contributed by atoms with Crippen LogP contribution in [0, 0.1) is 17.8 Å². The minimum atomic E-state index is -0.418. The molecule has 0 aromatic heterocycles. The number of aryl methyl sites for hydroxylation is 1. The minimum Gasteiger partial charge on any atom is -0.339 e. The van der Waals surface area contributed by atoms with Crippen LogP contribution in [0.3, 0.4) is 0 Å². The lowest BCUT2D eigenvalue weighted by Gasteiger charge is -2.39. The van der Waals surface area contributed by atoms with Gasteiger partial charge in [0.05, 0.1) is 6.42 Å². The van der Waals surface area contributed by atoms with Crippen molar-refractivity contribution < 1.29 is 14.8 Å². The van der Waals surface area contributed by atoms with Gasteiger partial charge in [-0.15, -0.1) is 0 Å². The average molecular weight is 356 g/mol. The second-order valence-electron chi connectivity index (χ2n) is 8.50. The zero-order valence-corrected chi connectivity index (χ0v) is 15.2. The molecule has 1 aromatic rings. The number of rotatable bonds is 5. The Labute approximate surface area is 154 Å². The van der Waals surface area contributed by atoms with E-state index in [4.69, 9.17) is 5.21 Å². The third-order valence-electron chi connectivity index (χ3n) is 6.57. The SMILES string of the molecule is O=C(Cc1ccc(CCC(=O)N2CC3CC4CC(C3)CC2C4)cc1)NO. The molecule has 140 valence electrons. The molecule has 4 aliphatic rings. The molecule has 2 saturated heterocycles. The molecule has 2 atom stereocenters. The highest BCUT2D eigenvalue weighted by Gasteiger charge is 2.43. The van der Waals surface area contributed by atoms with Crippen LogP contribution in [0.2, 0.25) is 0 Å². The van der Waals surface area contributed by atoms with Crippen molar-refractivity contribution in [2.45, 2.75) is 57.4 Å². The first-order chi connectivity index (χ1) is 12.6. The summed E-state index contributed by atoms with van der Waals surface area (Å²) in [4.78, 5) is 26.3. The Hall–Kier alpha value is -1.88. The van der Waals surface area contributed by atoms with Crippen molar-refractivity contribution >= 4 is 11.8 Å². The predicted molar refractivity (Wildman–Crippen MR) is 97.5 cm³/mol. The van der Waals surface area contributed by atoms with Crippen LogP contribution in [0.5, 0.6) is 0 Å². The summed E-state index contributed by atoms with van der Waals surface area (Å²) in [5, 5.41) is 8.58. The molecule has 5 nitrogen and oxygen atoms in total. The monoisotopic (exact) mass is 356 g/mol. The van der Waals surface area contributed by atoms with Gasteiger partial charge in [0.1, 0.15) is 0 Å². The number of nitrogens with one attached hydrogen (secondary N) is 1. The molecule has 1 aromatic carbocycles. The largest absolute Gasteiger partial charge is 0.339 e. The van der Waals surface area contributed by atoms with E-state index in [1.54, 1.807) is 5.48 Å². The number of fused-ring (bicyclic) bond motifs is 1. The van der Waals surface area contributed by atoms with Crippen LogP contribution < -0.4 is 5.48 Å². The van der Waals surface area contributed by atoms with Crippen molar-refractivity contribution in [1.29, 1.82) is 0 Å². The lowest BCUT2D eigenvalue weighted by Crippen LogP contribution is -2.42. The van der Waals surface area contributed by atoms with Crippen LogP contribution in [0.15, 0.2) is 24.3 Å². The van der Waals surface area contributed by atoms with E-state index in [2.05, 4.69) is 4.90 Å². The molecule has 2 saturated carbocycles. The predicted octanol–water partition coefficient (Wildman–Crippen LogP) is 2.70. The van der Waals surface area contributed by atoms with Crippen LogP contribution in [-0.2, 0) is 22.4 Å². The van der Waals surface area contributed by atoms with Crippen LogP contribution in [0.1, 0.15) is 49.7 Å². The minimum absolute atomic E-state index is 0.162. The molecule has 5 rings (SSSR count). The van der Waals surface area contributed by atoms with E-state index in [9.17, 15) is 9.59 Å². The fraction of sp³-hybridized carbons (Fsp3) is 0.619. The second-order valence-corrected chi connectivity index (χ2v) is 8.50. The van der Waals surface area contributed by atoms with Gasteiger partial charge < -0.3 is 4.90 Å². The molecule has 2 aliphatic heterocycles. The highest BCUT2D eigenvalue weighted by molar-refractivity contribution is 5.77. The number of benzene rings is 1. The number of nitrogens with zero attached hydrogens (tertiary/aromatic N) is 1. The Morgan fingerprint density at radius 1 is 0.962 bits per heavy atom. The maximum absolute atomic E-state index is 12.9. The van der Waals surface area contributed by atoms with Crippen molar-refractivity contribution in [3.05, 3.63) is 35.4 Å². The zero-order valence-electron chi connectivity index (χ0n) is 15.2. The van der Waals surface area contributed by atoms with E-state index >= 15 is 0 Å². The highest BCUT2D eigenvalue weighted by atomic mass is 16.5. The molecule has 5 heteroatoms. The lowest BCUT2D eigenvalue weighted by molar-refractivity contribution is -0.134. The number of hydrogen-bond donors (Lipinski definition) is 2. The molecule has 26 heavy (non-hydrogen) atoms. The third kappa shape index (κ3) is 3.78. The summed E-state index contributed by atoms with van der Waals surface area (Å²) < 4.78 is 0. The van der Waals surface area contributed by atoms with Gasteiger partial charge in [0.2, 0.25) is 11.8 Å². The molecule has 2 N–H and O–H groups in total. The summed E-state index contributed by atoms with van der Waals surface area (Å²) in [6, 6.07) is 8.22. The Bertz CT molecular complexity index is 658. The van der Waals surface area contributed by atoms with E-state index in [-0.39, 0.29) is 6.42 Å². The Morgan fingerprint density at radius 3 is 2.23 bits per heavy atom.